The van der Waals surface area contributed by atoms with Gasteiger partial charge in [-0.05, 0) is 28.5 Å². The van der Waals surface area contributed by atoms with Gasteiger partial charge in [0.15, 0.2) is 0 Å². The Hall–Kier alpha value is -3.67. The second-order valence-corrected chi connectivity index (χ2v) is 6.10. The number of benzene rings is 3. The number of rotatable bonds is 6. The Kier molecular flexibility index (Phi) is 5.17. The minimum atomic E-state index is -1.25. The summed E-state index contributed by atoms with van der Waals surface area (Å²) in [6.45, 7) is 0. The first kappa shape index (κ1) is 18.1. The van der Waals surface area contributed by atoms with E-state index < -0.39 is 23.9 Å². The van der Waals surface area contributed by atoms with Crippen LogP contribution in [0.1, 0.15) is 26.3 Å². The molecular formula is C21H17NO5. The molecule has 0 bridgehead atoms. The lowest BCUT2D eigenvalue weighted by Crippen LogP contribution is -2.42. The molecule has 136 valence electrons. The SMILES string of the molecule is O=C(O)c1ccccc1C(=O)NC(Cc1ccc2ccccc2c1)C(=O)O. The molecule has 0 aliphatic carbocycles. The van der Waals surface area contributed by atoms with Crippen LogP contribution in [-0.4, -0.2) is 34.1 Å². The number of aliphatic carboxylic acids is 1. The van der Waals surface area contributed by atoms with Crippen molar-refractivity contribution in [3.63, 3.8) is 0 Å². The van der Waals surface area contributed by atoms with E-state index in [2.05, 4.69) is 5.32 Å². The van der Waals surface area contributed by atoms with Gasteiger partial charge in [-0.25, -0.2) is 9.59 Å². The van der Waals surface area contributed by atoms with Crippen LogP contribution in [0.2, 0.25) is 0 Å². The van der Waals surface area contributed by atoms with Crippen molar-refractivity contribution >= 4 is 28.6 Å². The fourth-order valence-electron chi connectivity index (χ4n) is 2.91. The predicted molar refractivity (Wildman–Crippen MR) is 99.9 cm³/mol. The zero-order chi connectivity index (χ0) is 19.4. The first-order chi connectivity index (χ1) is 13.0. The van der Waals surface area contributed by atoms with Crippen LogP contribution in [0.5, 0.6) is 0 Å². The topological polar surface area (TPSA) is 104 Å². The minimum Gasteiger partial charge on any atom is -0.480 e. The molecule has 3 rings (SSSR count). The van der Waals surface area contributed by atoms with Gasteiger partial charge in [-0.3, -0.25) is 4.79 Å². The average molecular weight is 363 g/mol. The van der Waals surface area contributed by atoms with Gasteiger partial charge in [0.2, 0.25) is 0 Å². The van der Waals surface area contributed by atoms with Crippen LogP contribution in [0.15, 0.2) is 66.7 Å². The number of aromatic carboxylic acids is 1. The van der Waals surface area contributed by atoms with E-state index in [1.54, 1.807) is 0 Å². The Morgan fingerprint density at radius 1 is 0.815 bits per heavy atom. The van der Waals surface area contributed by atoms with E-state index in [1.807, 2.05) is 42.5 Å². The van der Waals surface area contributed by atoms with Crippen molar-refractivity contribution in [1.29, 1.82) is 0 Å². The van der Waals surface area contributed by atoms with Crippen LogP contribution in [0.25, 0.3) is 10.8 Å². The standard InChI is InChI=1S/C21H17NO5/c23-19(16-7-3-4-8-17(16)20(24)25)22-18(21(26)27)12-13-9-10-14-5-1-2-6-15(14)11-13/h1-11,18H,12H2,(H,22,23)(H,24,25)(H,26,27). The lowest BCUT2D eigenvalue weighted by Gasteiger charge is -2.16. The van der Waals surface area contributed by atoms with Gasteiger partial charge >= 0.3 is 11.9 Å². The molecule has 3 N–H and O–H groups in total. The third kappa shape index (κ3) is 4.12. The summed E-state index contributed by atoms with van der Waals surface area (Å²) in [6.07, 6.45) is 0.0845. The highest BCUT2D eigenvalue weighted by Crippen LogP contribution is 2.17. The van der Waals surface area contributed by atoms with Crippen LogP contribution in [0.3, 0.4) is 0 Å². The molecule has 27 heavy (non-hydrogen) atoms. The molecule has 1 unspecified atom stereocenters. The van der Waals surface area contributed by atoms with Crippen molar-refractivity contribution in [2.75, 3.05) is 0 Å². The number of fused-ring (bicyclic) bond motifs is 1. The fourth-order valence-corrected chi connectivity index (χ4v) is 2.91. The highest BCUT2D eigenvalue weighted by molar-refractivity contribution is 6.05. The number of hydrogen-bond acceptors (Lipinski definition) is 3. The normalized spacial score (nSPS) is 11.7. The number of carbonyl (C=O) groups is 3. The lowest BCUT2D eigenvalue weighted by atomic mass is 10.0. The number of carboxylic acid groups (broad SMARTS) is 2. The molecular weight excluding hydrogens is 346 g/mol. The number of carbonyl (C=O) groups excluding carboxylic acids is 1. The second-order valence-electron chi connectivity index (χ2n) is 6.10. The quantitative estimate of drug-likeness (QED) is 0.625. The first-order valence-corrected chi connectivity index (χ1v) is 8.29. The molecule has 1 atom stereocenters. The van der Waals surface area contributed by atoms with E-state index in [4.69, 9.17) is 0 Å². The molecule has 0 aliphatic heterocycles. The molecule has 0 radical (unpaired) electrons. The molecule has 0 fully saturated rings. The van der Waals surface area contributed by atoms with Gasteiger partial charge < -0.3 is 15.5 Å². The summed E-state index contributed by atoms with van der Waals surface area (Å²) in [5.41, 5.74) is 0.507. The molecule has 0 saturated carbocycles. The molecule has 0 aromatic heterocycles. The van der Waals surface area contributed by atoms with Gasteiger partial charge in [0.05, 0.1) is 11.1 Å². The van der Waals surface area contributed by atoms with Crippen LogP contribution >= 0.6 is 0 Å². The summed E-state index contributed by atoms with van der Waals surface area (Å²) in [7, 11) is 0. The van der Waals surface area contributed by atoms with Gasteiger partial charge in [-0.1, -0.05) is 54.6 Å². The Morgan fingerprint density at radius 2 is 1.44 bits per heavy atom. The van der Waals surface area contributed by atoms with E-state index in [1.165, 1.54) is 24.3 Å². The molecule has 6 heteroatoms. The van der Waals surface area contributed by atoms with Gasteiger partial charge in [0.25, 0.3) is 5.91 Å². The van der Waals surface area contributed by atoms with E-state index in [-0.39, 0.29) is 17.5 Å². The third-order valence-corrected chi connectivity index (χ3v) is 4.26. The molecule has 0 heterocycles. The average Bonchev–Trinajstić information content (AvgIpc) is 2.67. The Labute approximate surface area is 155 Å². The van der Waals surface area contributed by atoms with Gasteiger partial charge in [0.1, 0.15) is 6.04 Å². The third-order valence-electron chi connectivity index (χ3n) is 4.26. The maximum absolute atomic E-state index is 12.4. The summed E-state index contributed by atoms with van der Waals surface area (Å²) in [5, 5.41) is 23.1. The van der Waals surface area contributed by atoms with Crippen molar-refractivity contribution in [2.45, 2.75) is 12.5 Å². The van der Waals surface area contributed by atoms with Crippen molar-refractivity contribution in [3.05, 3.63) is 83.4 Å². The largest absolute Gasteiger partial charge is 0.480 e. The molecule has 3 aromatic rings. The van der Waals surface area contributed by atoms with Crippen molar-refractivity contribution in [2.24, 2.45) is 0 Å². The highest BCUT2D eigenvalue weighted by Gasteiger charge is 2.23. The van der Waals surface area contributed by atoms with E-state index in [9.17, 15) is 24.6 Å². The minimum absolute atomic E-state index is 0.0743. The fraction of sp³-hybridized carbons (Fsp3) is 0.0952. The molecule has 6 nitrogen and oxygen atoms in total. The number of amides is 1. The van der Waals surface area contributed by atoms with Crippen LogP contribution in [-0.2, 0) is 11.2 Å². The lowest BCUT2D eigenvalue weighted by molar-refractivity contribution is -0.139. The summed E-state index contributed by atoms with van der Waals surface area (Å²) in [4.78, 5) is 35.3. The molecule has 0 saturated heterocycles. The Morgan fingerprint density at radius 3 is 2.11 bits per heavy atom. The highest BCUT2D eigenvalue weighted by atomic mass is 16.4. The molecule has 1 amide bonds. The van der Waals surface area contributed by atoms with Crippen LogP contribution < -0.4 is 5.32 Å². The zero-order valence-corrected chi connectivity index (χ0v) is 14.3. The predicted octanol–water partition coefficient (Wildman–Crippen LogP) is 2.96. The molecule has 3 aromatic carbocycles. The van der Waals surface area contributed by atoms with Crippen molar-refractivity contribution < 1.29 is 24.6 Å². The summed E-state index contributed by atoms with van der Waals surface area (Å²) in [5.74, 6) is -3.17. The monoisotopic (exact) mass is 363 g/mol. The van der Waals surface area contributed by atoms with E-state index in [0.717, 1.165) is 16.3 Å². The maximum Gasteiger partial charge on any atom is 0.336 e. The number of hydrogen-bond donors (Lipinski definition) is 3. The Balaban J connectivity index is 1.82. The van der Waals surface area contributed by atoms with E-state index >= 15 is 0 Å². The van der Waals surface area contributed by atoms with Gasteiger partial charge in [-0.15, -0.1) is 0 Å². The molecule has 0 spiro atoms. The summed E-state index contributed by atoms with van der Waals surface area (Å²) in [6, 6.07) is 17.8. The van der Waals surface area contributed by atoms with Crippen LogP contribution in [0, 0.1) is 0 Å². The number of carboxylic acids is 2. The smallest absolute Gasteiger partial charge is 0.336 e. The summed E-state index contributed by atoms with van der Waals surface area (Å²) < 4.78 is 0. The first-order valence-electron chi connectivity index (χ1n) is 8.29. The number of nitrogens with one attached hydrogen (secondary N) is 1. The zero-order valence-electron chi connectivity index (χ0n) is 14.3. The van der Waals surface area contributed by atoms with Gasteiger partial charge in [0, 0.05) is 6.42 Å². The van der Waals surface area contributed by atoms with E-state index in [0.29, 0.717) is 0 Å². The van der Waals surface area contributed by atoms with Crippen molar-refractivity contribution in [3.8, 4) is 0 Å². The van der Waals surface area contributed by atoms with Crippen LogP contribution in [0.4, 0.5) is 0 Å². The Bertz CT molecular complexity index is 1030. The second kappa shape index (κ2) is 7.70. The summed E-state index contributed by atoms with van der Waals surface area (Å²) >= 11 is 0. The van der Waals surface area contributed by atoms with Gasteiger partial charge in [-0.2, -0.15) is 0 Å². The molecule has 0 aliphatic rings. The maximum atomic E-state index is 12.4. The van der Waals surface area contributed by atoms with Crippen molar-refractivity contribution in [1.82, 2.24) is 5.32 Å².